The fourth-order valence-electron chi connectivity index (χ4n) is 4.01. The van der Waals surface area contributed by atoms with Crippen LogP contribution in [0.1, 0.15) is 69.7 Å². The lowest BCUT2D eigenvalue weighted by Crippen LogP contribution is -2.45. The Morgan fingerprint density at radius 2 is 1.83 bits per heavy atom. The summed E-state index contributed by atoms with van der Waals surface area (Å²) in [4.78, 5) is 17.8. The molecule has 1 aromatic rings. The summed E-state index contributed by atoms with van der Waals surface area (Å²) in [7, 11) is 0. The summed E-state index contributed by atoms with van der Waals surface area (Å²) >= 11 is 0. The van der Waals surface area contributed by atoms with Crippen molar-refractivity contribution >= 4 is 5.91 Å². The number of nitrogens with zero attached hydrogens (tertiary/aromatic N) is 3. The van der Waals surface area contributed by atoms with Crippen LogP contribution >= 0.6 is 0 Å². The number of rotatable bonds is 4. The minimum Gasteiger partial charge on any atom is -0.348 e. The SMILES string of the molecule is CC(C)(C)n1ccc(C(=O)N2CCCCC2CCN2CCCC2)c1. The largest absolute Gasteiger partial charge is 0.348 e. The molecule has 24 heavy (non-hydrogen) atoms. The Balaban J connectivity index is 1.65. The molecular formula is C20H33N3O. The fraction of sp³-hybridized carbons (Fsp3) is 0.750. The van der Waals surface area contributed by atoms with E-state index in [1.165, 1.54) is 38.8 Å². The van der Waals surface area contributed by atoms with Gasteiger partial charge in [0.2, 0.25) is 0 Å². The van der Waals surface area contributed by atoms with E-state index in [9.17, 15) is 4.79 Å². The standard InChI is InChI=1S/C20H33N3O/c1-20(2,3)22-15-9-17(16-22)19(24)23-13-5-4-8-18(23)10-14-21-11-6-7-12-21/h9,15-16,18H,4-8,10-14H2,1-3H3. The number of likely N-dealkylation sites (tertiary alicyclic amines) is 2. The van der Waals surface area contributed by atoms with Gasteiger partial charge in [0.25, 0.3) is 5.91 Å². The van der Waals surface area contributed by atoms with Gasteiger partial charge in [0, 0.05) is 37.1 Å². The lowest BCUT2D eigenvalue weighted by atomic mass is 9.98. The first-order valence-electron chi connectivity index (χ1n) is 9.67. The molecule has 1 unspecified atom stereocenters. The van der Waals surface area contributed by atoms with Gasteiger partial charge in [-0.05, 0) is 78.5 Å². The molecule has 3 rings (SSSR count). The summed E-state index contributed by atoms with van der Waals surface area (Å²) in [5, 5.41) is 0. The van der Waals surface area contributed by atoms with E-state index >= 15 is 0 Å². The minimum atomic E-state index is 0.0234. The van der Waals surface area contributed by atoms with Crippen molar-refractivity contribution in [3.05, 3.63) is 24.0 Å². The van der Waals surface area contributed by atoms with Crippen LogP contribution in [0, 0.1) is 0 Å². The Labute approximate surface area is 146 Å². The van der Waals surface area contributed by atoms with E-state index < -0.39 is 0 Å². The van der Waals surface area contributed by atoms with E-state index in [2.05, 4.69) is 35.1 Å². The average Bonchev–Trinajstić information content (AvgIpc) is 3.23. The Kier molecular flexibility index (Phi) is 5.33. The molecule has 2 aliphatic heterocycles. The van der Waals surface area contributed by atoms with E-state index in [1.807, 2.05) is 18.5 Å². The lowest BCUT2D eigenvalue weighted by molar-refractivity contribution is 0.0587. The fourth-order valence-corrected chi connectivity index (χ4v) is 4.01. The summed E-state index contributed by atoms with van der Waals surface area (Å²) in [6, 6.07) is 2.41. The minimum absolute atomic E-state index is 0.0234. The summed E-state index contributed by atoms with van der Waals surface area (Å²) in [6.07, 6.45) is 11.4. The first kappa shape index (κ1) is 17.5. The second-order valence-corrected chi connectivity index (χ2v) is 8.46. The van der Waals surface area contributed by atoms with Gasteiger partial charge in [0.05, 0.1) is 5.56 Å². The Bertz CT molecular complexity index is 551. The Hall–Kier alpha value is -1.29. The maximum Gasteiger partial charge on any atom is 0.255 e. The van der Waals surface area contributed by atoms with Gasteiger partial charge in [0.1, 0.15) is 0 Å². The Morgan fingerprint density at radius 1 is 1.12 bits per heavy atom. The van der Waals surface area contributed by atoms with Gasteiger partial charge < -0.3 is 14.4 Å². The molecular weight excluding hydrogens is 298 g/mol. The van der Waals surface area contributed by atoms with Crippen LogP contribution in [0.25, 0.3) is 0 Å². The highest BCUT2D eigenvalue weighted by atomic mass is 16.2. The maximum absolute atomic E-state index is 13.0. The molecule has 1 atom stereocenters. The average molecular weight is 332 g/mol. The molecule has 0 spiro atoms. The van der Waals surface area contributed by atoms with E-state index in [4.69, 9.17) is 0 Å². The van der Waals surface area contributed by atoms with Crippen LogP contribution in [-0.2, 0) is 5.54 Å². The molecule has 0 aliphatic carbocycles. The zero-order chi connectivity index (χ0) is 17.2. The van der Waals surface area contributed by atoms with Gasteiger partial charge in [-0.3, -0.25) is 4.79 Å². The van der Waals surface area contributed by atoms with E-state index in [0.717, 1.165) is 31.5 Å². The highest BCUT2D eigenvalue weighted by Crippen LogP contribution is 2.24. The van der Waals surface area contributed by atoms with Crippen LogP contribution in [0.4, 0.5) is 0 Å². The van der Waals surface area contributed by atoms with Crippen molar-refractivity contribution in [1.82, 2.24) is 14.4 Å². The van der Waals surface area contributed by atoms with Crippen molar-refractivity contribution in [2.45, 2.75) is 70.9 Å². The molecule has 1 aromatic heterocycles. The highest BCUT2D eigenvalue weighted by molar-refractivity contribution is 5.94. The molecule has 1 amide bonds. The van der Waals surface area contributed by atoms with E-state index in [-0.39, 0.29) is 11.4 Å². The first-order valence-corrected chi connectivity index (χ1v) is 9.67. The molecule has 3 heterocycles. The topological polar surface area (TPSA) is 28.5 Å². The highest BCUT2D eigenvalue weighted by Gasteiger charge is 2.29. The summed E-state index contributed by atoms with van der Waals surface area (Å²) < 4.78 is 2.14. The molecule has 0 N–H and O–H groups in total. The predicted molar refractivity (Wildman–Crippen MR) is 98.4 cm³/mol. The molecule has 134 valence electrons. The molecule has 0 saturated carbocycles. The van der Waals surface area contributed by atoms with Crippen LogP contribution in [0.15, 0.2) is 18.5 Å². The van der Waals surface area contributed by atoms with Gasteiger partial charge in [-0.2, -0.15) is 0 Å². The molecule has 2 aliphatic rings. The zero-order valence-electron chi connectivity index (χ0n) is 15.6. The van der Waals surface area contributed by atoms with E-state index in [0.29, 0.717) is 6.04 Å². The number of carbonyl (C=O) groups excluding carboxylic acids is 1. The molecule has 2 saturated heterocycles. The molecule has 0 bridgehead atoms. The monoisotopic (exact) mass is 331 g/mol. The number of carbonyl (C=O) groups is 1. The van der Waals surface area contributed by atoms with Crippen molar-refractivity contribution in [2.24, 2.45) is 0 Å². The van der Waals surface area contributed by atoms with E-state index in [1.54, 1.807) is 0 Å². The lowest BCUT2D eigenvalue weighted by Gasteiger charge is -2.36. The van der Waals surface area contributed by atoms with Gasteiger partial charge in [0.15, 0.2) is 0 Å². The van der Waals surface area contributed by atoms with Gasteiger partial charge in [-0.1, -0.05) is 0 Å². The molecule has 0 aromatic carbocycles. The second-order valence-electron chi connectivity index (χ2n) is 8.46. The quantitative estimate of drug-likeness (QED) is 0.841. The number of hydrogen-bond donors (Lipinski definition) is 0. The summed E-state index contributed by atoms with van der Waals surface area (Å²) in [6.45, 7) is 11.1. The molecule has 0 radical (unpaired) electrons. The van der Waals surface area contributed by atoms with Crippen molar-refractivity contribution in [1.29, 1.82) is 0 Å². The smallest absolute Gasteiger partial charge is 0.255 e. The third-order valence-corrected chi connectivity index (χ3v) is 5.58. The number of hydrogen-bond acceptors (Lipinski definition) is 2. The second kappa shape index (κ2) is 7.30. The van der Waals surface area contributed by atoms with Crippen LogP contribution in [0.2, 0.25) is 0 Å². The van der Waals surface area contributed by atoms with Gasteiger partial charge in [-0.25, -0.2) is 0 Å². The number of aromatic nitrogens is 1. The Morgan fingerprint density at radius 3 is 2.50 bits per heavy atom. The van der Waals surface area contributed by atoms with Crippen molar-refractivity contribution in [3.8, 4) is 0 Å². The first-order chi connectivity index (χ1) is 11.4. The van der Waals surface area contributed by atoms with Crippen molar-refractivity contribution < 1.29 is 4.79 Å². The van der Waals surface area contributed by atoms with Crippen molar-refractivity contribution in [2.75, 3.05) is 26.2 Å². The van der Waals surface area contributed by atoms with Gasteiger partial charge >= 0.3 is 0 Å². The third-order valence-electron chi connectivity index (χ3n) is 5.58. The van der Waals surface area contributed by atoms with Crippen LogP contribution < -0.4 is 0 Å². The van der Waals surface area contributed by atoms with Crippen LogP contribution in [0.5, 0.6) is 0 Å². The number of piperidine rings is 1. The molecule has 4 nitrogen and oxygen atoms in total. The normalized spacial score (nSPS) is 23.0. The molecule has 2 fully saturated rings. The van der Waals surface area contributed by atoms with Crippen molar-refractivity contribution in [3.63, 3.8) is 0 Å². The molecule has 4 heteroatoms. The van der Waals surface area contributed by atoms with Crippen LogP contribution in [0.3, 0.4) is 0 Å². The zero-order valence-corrected chi connectivity index (χ0v) is 15.6. The predicted octanol–water partition coefficient (Wildman–Crippen LogP) is 3.72. The van der Waals surface area contributed by atoms with Crippen LogP contribution in [-0.4, -0.2) is 52.5 Å². The summed E-state index contributed by atoms with van der Waals surface area (Å²) in [5.41, 5.74) is 0.869. The third kappa shape index (κ3) is 4.02. The maximum atomic E-state index is 13.0. The number of amides is 1. The summed E-state index contributed by atoms with van der Waals surface area (Å²) in [5.74, 6) is 0.226. The van der Waals surface area contributed by atoms with Gasteiger partial charge in [-0.15, -0.1) is 0 Å².